The molecule has 2 aromatic carbocycles. The van der Waals surface area contributed by atoms with E-state index in [1.807, 2.05) is 42.5 Å². The Balaban J connectivity index is 1.68. The molecular weight excluding hydrogens is 356 g/mol. The Bertz CT molecular complexity index is 733. The van der Waals surface area contributed by atoms with E-state index in [-0.39, 0.29) is 17.7 Å². The van der Waals surface area contributed by atoms with E-state index in [0.29, 0.717) is 5.56 Å². The highest BCUT2D eigenvalue weighted by molar-refractivity contribution is 9.10. The average molecular weight is 373 g/mol. The summed E-state index contributed by atoms with van der Waals surface area (Å²) in [4.78, 5) is 24.1. The largest absolute Gasteiger partial charge is 0.368 e. The lowest BCUT2D eigenvalue weighted by atomic mass is 10.1. The lowest BCUT2D eigenvalue weighted by Gasteiger charge is -2.16. The molecule has 23 heavy (non-hydrogen) atoms. The molecule has 0 bridgehead atoms. The maximum absolute atomic E-state index is 12.4. The first-order valence-electron chi connectivity index (χ1n) is 7.46. The smallest absolute Gasteiger partial charge is 0.244 e. The normalized spacial score (nSPS) is 20.6. The standard InChI is InChI=1S/C18H17BrN2O2/c19-13-8-4-7-12(9-13)14-10-15(14)18(23)21-16(17(20)22)11-5-2-1-3-6-11/h1-9,14-16H,10H2,(H2,20,22)(H,21,23). The van der Waals surface area contributed by atoms with Crippen LogP contribution in [-0.2, 0) is 9.59 Å². The zero-order valence-corrected chi connectivity index (χ0v) is 14.0. The quantitative estimate of drug-likeness (QED) is 0.846. The second-order valence-corrected chi connectivity index (χ2v) is 6.67. The first kappa shape index (κ1) is 15.7. The van der Waals surface area contributed by atoms with Gasteiger partial charge in [-0.15, -0.1) is 0 Å². The average Bonchev–Trinajstić information content (AvgIpc) is 3.33. The van der Waals surface area contributed by atoms with Crippen molar-refractivity contribution in [2.24, 2.45) is 11.7 Å². The van der Waals surface area contributed by atoms with E-state index in [9.17, 15) is 9.59 Å². The number of benzene rings is 2. The number of amides is 2. The van der Waals surface area contributed by atoms with Crippen molar-refractivity contribution in [3.05, 3.63) is 70.2 Å². The molecule has 5 heteroatoms. The van der Waals surface area contributed by atoms with E-state index in [0.717, 1.165) is 16.5 Å². The van der Waals surface area contributed by atoms with Crippen LogP contribution >= 0.6 is 15.9 Å². The zero-order valence-electron chi connectivity index (χ0n) is 12.4. The van der Waals surface area contributed by atoms with Gasteiger partial charge in [-0.25, -0.2) is 0 Å². The maximum Gasteiger partial charge on any atom is 0.244 e. The Hall–Kier alpha value is -2.14. The fourth-order valence-corrected chi connectivity index (χ4v) is 3.22. The van der Waals surface area contributed by atoms with Crippen LogP contribution in [-0.4, -0.2) is 11.8 Å². The van der Waals surface area contributed by atoms with Crippen LogP contribution in [0.3, 0.4) is 0 Å². The molecule has 3 N–H and O–H groups in total. The molecule has 118 valence electrons. The van der Waals surface area contributed by atoms with E-state index >= 15 is 0 Å². The zero-order chi connectivity index (χ0) is 16.4. The number of rotatable bonds is 5. The number of nitrogens with one attached hydrogen (secondary N) is 1. The van der Waals surface area contributed by atoms with Crippen molar-refractivity contribution < 1.29 is 9.59 Å². The van der Waals surface area contributed by atoms with Gasteiger partial charge >= 0.3 is 0 Å². The van der Waals surface area contributed by atoms with Crippen LogP contribution in [0.15, 0.2) is 59.1 Å². The molecule has 4 nitrogen and oxygen atoms in total. The number of carbonyl (C=O) groups is 2. The molecule has 1 fully saturated rings. The molecule has 3 atom stereocenters. The fraction of sp³-hybridized carbons (Fsp3) is 0.222. The molecule has 2 aromatic rings. The monoisotopic (exact) mass is 372 g/mol. The van der Waals surface area contributed by atoms with Gasteiger partial charge < -0.3 is 11.1 Å². The lowest BCUT2D eigenvalue weighted by Crippen LogP contribution is -2.38. The lowest BCUT2D eigenvalue weighted by molar-refractivity contribution is -0.128. The summed E-state index contributed by atoms with van der Waals surface area (Å²) in [5.41, 5.74) is 7.28. The van der Waals surface area contributed by atoms with Gasteiger partial charge in [0.05, 0.1) is 0 Å². The Morgan fingerprint density at radius 2 is 1.87 bits per heavy atom. The van der Waals surface area contributed by atoms with Crippen molar-refractivity contribution in [2.75, 3.05) is 0 Å². The fourth-order valence-electron chi connectivity index (χ4n) is 2.80. The third-order valence-corrected chi connectivity index (χ3v) is 4.60. The molecule has 2 amide bonds. The number of hydrogen-bond acceptors (Lipinski definition) is 2. The highest BCUT2D eigenvalue weighted by atomic mass is 79.9. The third-order valence-electron chi connectivity index (χ3n) is 4.11. The molecule has 1 saturated carbocycles. The summed E-state index contributed by atoms with van der Waals surface area (Å²) in [5.74, 6) is -0.571. The predicted molar refractivity (Wildman–Crippen MR) is 91.5 cm³/mol. The summed E-state index contributed by atoms with van der Waals surface area (Å²) in [6, 6.07) is 16.2. The molecule has 0 radical (unpaired) electrons. The first-order valence-corrected chi connectivity index (χ1v) is 8.25. The molecule has 1 aliphatic rings. The van der Waals surface area contributed by atoms with Gasteiger partial charge in [-0.3, -0.25) is 9.59 Å². The summed E-state index contributed by atoms with van der Waals surface area (Å²) in [7, 11) is 0. The Labute approximate surface area is 143 Å². The van der Waals surface area contributed by atoms with Crippen molar-refractivity contribution in [1.82, 2.24) is 5.32 Å². The number of hydrogen-bond donors (Lipinski definition) is 2. The SMILES string of the molecule is NC(=O)C(NC(=O)C1CC1c1cccc(Br)c1)c1ccccc1. The molecule has 0 heterocycles. The van der Waals surface area contributed by atoms with Gasteiger partial charge in [0, 0.05) is 10.4 Å². The topological polar surface area (TPSA) is 72.2 Å². The van der Waals surface area contributed by atoms with Gasteiger partial charge in [0.25, 0.3) is 0 Å². The molecule has 0 spiro atoms. The van der Waals surface area contributed by atoms with E-state index in [1.165, 1.54) is 0 Å². The van der Waals surface area contributed by atoms with E-state index < -0.39 is 11.9 Å². The van der Waals surface area contributed by atoms with Crippen molar-refractivity contribution in [3.8, 4) is 0 Å². The highest BCUT2D eigenvalue weighted by Crippen LogP contribution is 2.48. The van der Waals surface area contributed by atoms with E-state index in [2.05, 4.69) is 21.2 Å². The van der Waals surface area contributed by atoms with Gasteiger partial charge in [-0.05, 0) is 35.6 Å². The molecule has 3 rings (SSSR count). The Morgan fingerprint density at radius 1 is 1.13 bits per heavy atom. The summed E-state index contributed by atoms with van der Waals surface area (Å²) < 4.78 is 1.00. The maximum atomic E-state index is 12.4. The molecular formula is C18H17BrN2O2. The van der Waals surface area contributed by atoms with Crippen LogP contribution in [0.25, 0.3) is 0 Å². The summed E-state index contributed by atoms with van der Waals surface area (Å²) in [6.07, 6.45) is 0.794. The number of halogens is 1. The minimum atomic E-state index is -0.785. The van der Waals surface area contributed by atoms with Gasteiger partial charge in [-0.1, -0.05) is 58.4 Å². The molecule has 0 aliphatic heterocycles. The summed E-state index contributed by atoms with van der Waals surface area (Å²) >= 11 is 3.44. The van der Waals surface area contributed by atoms with Crippen LogP contribution in [0.4, 0.5) is 0 Å². The van der Waals surface area contributed by atoms with Gasteiger partial charge in [0.15, 0.2) is 0 Å². The highest BCUT2D eigenvalue weighted by Gasteiger charge is 2.44. The van der Waals surface area contributed by atoms with Gasteiger partial charge in [0.2, 0.25) is 11.8 Å². The van der Waals surface area contributed by atoms with Crippen molar-refractivity contribution in [3.63, 3.8) is 0 Å². The van der Waals surface area contributed by atoms with E-state index in [4.69, 9.17) is 5.73 Å². The van der Waals surface area contributed by atoms with Crippen molar-refractivity contribution in [1.29, 1.82) is 0 Å². The van der Waals surface area contributed by atoms with E-state index in [1.54, 1.807) is 12.1 Å². The Morgan fingerprint density at radius 3 is 2.52 bits per heavy atom. The molecule has 1 aliphatic carbocycles. The summed E-state index contributed by atoms with van der Waals surface area (Å²) in [5, 5.41) is 2.78. The van der Waals surface area contributed by atoms with Crippen LogP contribution in [0.5, 0.6) is 0 Å². The number of nitrogens with two attached hydrogens (primary N) is 1. The predicted octanol–water partition coefficient (Wildman–Crippen LogP) is 2.90. The van der Waals surface area contributed by atoms with Crippen LogP contribution in [0.1, 0.15) is 29.5 Å². The second kappa shape index (κ2) is 6.54. The number of primary amides is 1. The molecule has 3 unspecified atom stereocenters. The molecule has 0 aromatic heterocycles. The summed E-state index contributed by atoms with van der Waals surface area (Å²) in [6.45, 7) is 0. The van der Waals surface area contributed by atoms with Gasteiger partial charge in [0.1, 0.15) is 6.04 Å². The van der Waals surface area contributed by atoms with Gasteiger partial charge in [-0.2, -0.15) is 0 Å². The number of carbonyl (C=O) groups excluding carboxylic acids is 2. The van der Waals surface area contributed by atoms with Crippen molar-refractivity contribution in [2.45, 2.75) is 18.4 Å². The second-order valence-electron chi connectivity index (χ2n) is 5.76. The molecule has 0 saturated heterocycles. The first-order chi connectivity index (χ1) is 11.1. The van der Waals surface area contributed by atoms with Crippen LogP contribution < -0.4 is 11.1 Å². The minimum absolute atomic E-state index is 0.102. The Kier molecular flexibility index (Phi) is 4.48. The third kappa shape index (κ3) is 3.62. The van der Waals surface area contributed by atoms with Crippen LogP contribution in [0, 0.1) is 5.92 Å². The van der Waals surface area contributed by atoms with Crippen LogP contribution in [0.2, 0.25) is 0 Å². The minimum Gasteiger partial charge on any atom is -0.368 e. The van der Waals surface area contributed by atoms with Crippen molar-refractivity contribution >= 4 is 27.7 Å².